The summed E-state index contributed by atoms with van der Waals surface area (Å²) in [5.41, 5.74) is 7.36. The van der Waals surface area contributed by atoms with Crippen LogP contribution in [0.3, 0.4) is 0 Å². The molecule has 1 aromatic carbocycles. The average molecular weight is 305 g/mol. The Morgan fingerprint density at radius 3 is 2.27 bits per heavy atom. The molecule has 5 nitrogen and oxygen atoms in total. The largest absolute Gasteiger partial charge is 0.444 e. The lowest BCUT2D eigenvalue weighted by Crippen LogP contribution is -2.50. The molecule has 2 N–H and O–H groups in total. The Kier molecular flexibility index (Phi) is 5.29. The van der Waals surface area contributed by atoms with Gasteiger partial charge < -0.3 is 15.4 Å². The van der Waals surface area contributed by atoms with Gasteiger partial charge in [-0.15, -0.1) is 0 Å². The third-order valence-electron chi connectivity index (χ3n) is 3.72. The first kappa shape index (κ1) is 16.6. The minimum Gasteiger partial charge on any atom is -0.444 e. The Labute approximate surface area is 133 Å². The quantitative estimate of drug-likeness (QED) is 0.871. The molecule has 1 fully saturated rings. The maximum absolute atomic E-state index is 12.0. The van der Waals surface area contributed by atoms with Crippen molar-refractivity contribution in [3.8, 4) is 0 Å². The fourth-order valence-corrected chi connectivity index (χ4v) is 2.45. The van der Waals surface area contributed by atoms with Crippen molar-refractivity contribution in [3.05, 3.63) is 29.8 Å². The Balaban J connectivity index is 1.73. The van der Waals surface area contributed by atoms with Crippen molar-refractivity contribution in [2.75, 3.05) is 38.5 Å². The lowest BCUT2D eigenvalue weighted by Gasteiger charge is -2.35. The van der Waals surface area contributed by atoms with Gasteiger partial charge in [-0.1, -0.05) is 12.1 Å². The van der Waals surface area contributed by atoms with Gasteiger partial charge >= 0.3 is 6.09 Å². The zero-order chi connectivity index (χ0) is 16.2. The predicted octanol–water partition coefficient (Wildman–Crippen LogP) is 2.36. The number of nitrogen functional groups attached to an aromatic ring is 1. The number of hydrogen-bond acceptors (Lipinski definition) is 4. The van der Waals surface area contributed by atoms with E-state index >= 15 is 0 Å². The summed E-state index contributed by atoms with van der Waals surface area (Å²) in [4.78, 5) is 16.2. The highest BCUT2D eigenvalue weighted by molar-refractivity contribution is 5.68. The molecular weight excluding hydrogens is 278 g/mol. The molecular formula is C17H27N3O2. The number of amides is 1. The molecule has 0 saturated carbocycles. The highest BCUT2D eigenvalue weighted by Gasteiger charge is 2.25. The molecule has 1 aliphatic rings. The van der Waals surface area contributed by atoms with E-state index in [9.17, 15) is 4.79 Å². The zero-order valence-corrected chi connectivity index (χ0v) is 13.8. The number of ether oxygens (including phenoxy) is 1. The third-order valence-corrected chi connectivity index (χ3v) is 3.72. The number of nitrogens with zero attached hydrogens (tertiary/aromatic N) is 2. The van der Waals surface area contributed by atoms with Crippen molar-refractivity contribution in [2.45, 2.75) is 32.8 Å². The van der Waals surface area contributed by atoms with E-state index in [2.05, 4.69) is 17.0 Å². The Bertz CT molecular complexity index is 486. The number of anilines is 1. The molecule has 0 radical (unpaired) electrons. The van der Waals surface area contributed by atoms with Crippen LogP contribution in [0.2, 0.25) is 0 Å². The first-order valence-electron chi connectivity index (χ1n) is 7.88. The predicted molar refractivity (Wildman–Crippen MR) is 88.8 cm³/mol. The number of hydrogen-bond donors (Lipinski definition) is 1. The van der Waals surface area contributed by atoms with Gasteiger partial charge in [-0.25, -0.2) is 4.79 Å². The minimum atomic E-state index is -0.427. The second-order valence-electron chi connectivity index (χ2n) is 6.80. The van der Waals surface area contributed by atoms with Gasteiger partial charge in [0.05, 0.1) is 0 Å². The fraction of sp³-hybridized carbons (Fsp3) is 0.588. The monoisotopic (exact) mass is 305 g/mol. The highest BCUT2D eigenvalue weighted by atomic mass is 16.6. The van der Waals surface area contributed by atoms with E-state index < -0.39 is 5.60 Å². The van der Waals surface area contributed by atoms with E-state index in [1.807, 2.05) is 32.9 Å². The first-order valence-corrected chi connectivity index (χ1v) is 7.88. The molecule has 1 aliphatic heterocycles. The molecule has 0 atom stereocenters. The van der Waals surface area contributed by atoms with Gasteiger partial charge in [-0.05, 0) is 44.9 Å². The van der Waals surface area contributed by atoms with Crippen molar-refractivity contribution >= 4 is 11.8 Å². The third kappa shape index (κ3) is 5.22. The van der Waals surface area contributed by atoms with Crippen molar-refractivity contribution in [2.24, 2.45) is 0 Å². The van der Waals surface area contributed by atoms with E-state index in [4.69, 9.17) is 10.5 Å². The number of carbonyl (C=O) groups excluding carboxylic acids is 1. The van der Waals surface area contributed by atoms with Gasteiger partial charge in [0.15, 0.2) is 0 Å². The van der Waals surface area contributed by atoms with Crippen molar-refractivity contribution in [3.63, 3.8) is 0 Å². The molecule has 1 heterocycles. The summed E-state index contributed by atoms with van der Waals surface area (Å²) in [6, 6.07) is 8.03. The molecule has 1 saturated heterocycles. The number of nitrogens with two attached hydrogens (primary N) is 1. The number of piperazine rings is 1. The summed E-state index contributed by atoms with van der Waals surface area (Å²) < 4.78 is 5.41. The van der Waals surface area contributed by atoms with Gasteiger partial charge in [0, 0.05) is 38.4 Å². The normalized spacial score (nSPS) is 16.6. The van der Waals surface area contributed by atoms with E-state index in [-0.39, 0.29) is 6.09 Å². The zero-order valence-electron chi connectivity index (χ0n) is 13.8. The molecule has 2 rings (SSSR count). The molecule has 0 aliphatic carbocycles. The van der Waals surface area contributed by atoms with Crippen LogP contribution in [0.25, 0.3) is 0 Å². The average Bonchev–Trinajstić information content (AvgIpc) is 2.45. The summed E-state index contributed by atoms with van der Waals surface area (Å²) in [6.07, 6.45) is 0.804. The van der Waals surface area contributed by atoms with Crippen molar-refractivity contribution < 1.29 is 9.53 Å². The standard InChI is InChI=1S/C17H27N3O2/c1-17(2,3)22-16(21)20-12-10-19(11-13-20)9-8-14-4-6-15(18)7-5-14/h4-7H,8-13,18H2,1-3H3. The van der Waals surface area contributed by atoms with Crippen LogP contribution in [-0.2, 0) is 11.2 Å². The summed E-state index contributed by atoms with van der Waals surface area (Å²) in [7, 11) is 0. The molecule has 0 bridgehead atoms. The van der Waals surface area contributed by atoms with E-state index in [1.54, 1.807) is 4.90 Å². The lowest BCUT2D eigenvalue weighted by atomic mass is 10.1. The van der Waals surface area contributed by atoms with Crippen LogP contribution < -0.4 is 5.73 Å². The number of benzene rings is 1. The van der Waals surface area contributed by atoms with Crippen LogP contribution in [-0.4, -0.2) is 54.2 Å². The Hall–Kier alpha value is -1.75. The molecule has 0 aromatic heterocycles. The molecule has 0 unspecified atom stereocenters. The highest BCUT2D eigenvalue weighted by Crippen LogP contribution is 2.12. The molecule has 22 heavy (non-hydrogen) atoms. The van der Waals surface area contributed by atoms with Crippen LogP contribution in [0.4, 0.5) is 10.5 Å². The second-order valence-corrected chi connectivity index (χ2v) is 6.80. The maximum atomic E-state index is 12.0. The summed E-state index contributed by atoms with van der Waals surface area (Å²) in [6.45, 7) is 9.96. The first-order chi connectivity index (χ1) is 10.3. The SMILES string of the molecule is CC(C)(C)OC(=O)N1CCN(CCc2ccc(N)cc2)CC1. The van der Waals surface area contributed by atoms with E-state index in [0.717, 1.165) is 44.8 Å². The Morgan fingerprint density at radius 1 is 1.14 bits per heavy atom. The van der Waals surface area contributed by atoms with Crippen LogP contribution in [0, 0.1) is 0 Å². The van der Waals surface area contributed by atoms with Crippen LogP contribution in [0.5, 0.6) is 0 Å². The Morgan fingerprint density at radius 2 is 1.73 bits per heavy atom. The van der Waals surface area contributed by atoms with Crippen LogP contribution in [0.15, 0.2) is 24.3 Å². The topological polar surface area (TPSA) is 58.8 Å². The molecule has 1 amide bonds. The fourth-order valence-electron chi connectivity index (χ4n) is 2.45. The molecule has 122 valence electrons. The van der Waals surface area contributed by atoms with Crippen molar-refractivity contribution in [1.29, 1.82) is 0 Å². The minimum absolute atomic E-state index is 0.203. The molecule has 1 aromatic rings. The van der Waals surface area contributed by atoms with Crippen molar-refractivity contribution in [1.82, 2.24) is 9.80 Å². The van der Waals surface area contributed by atoms with Gasteiger partial charge in [-0.3, -0.25) is 4.90 Å². The second kappa shape index (κ2) is 7.01. The molecule has 5 heteroatoms. The number of rotatable bonds is 3. The maximum Gasteiger partial charge on any atom is 0.410 e. The van der Waals surface area contributed by atoms with Crippen LogP contribution >= 0.6 is 0 Å². The van der Waals surface area contributed by atoms with Gasteiger partial charge in [0.1, 0.15) is 5.60 Å². The van der Waals surface area contributed by atoms with E-state index in [1.165, 1.54) is 5.56 Å². The summed E-state index contributed by atoms with van der Waals surface area (Å²) >= 11 is 0. The number of carbonyl (C=O) groups is 1. The molecule has 0 spiro atoms. The lowest BCUT2D eigenvalue weighted by molar-refractivity contribution is 0.0146. The van der Waals surface area contributed by atoms with Gasteiger partial charge in [0.2, 0.25) is 0 Å². The van der Waals surface area contributed by atoms with E-state index in [0.29, 0.717) is 0 Å². The summed E-state index contributed by atoms with van der Waals surface area (Å²) in [5.74, 6) is 0. The summed E-state index contributed by atoms with van der Waals surface area (Å²) in [5, 5.41) is 0. The van der Waals surface area contributed by atoms with Crippen LogP contribution in [0.1, 0.15) is 26.3 Å². The van der Waals surface area contributed by atoms with Gasteiger partial charge in [-0.2, -0.15) is 0 Å². The van der Waals surface area contributed by atoms with Gasteiger partial charge in [0.25, 0.3) is 0 Å². The smallest absolute Gasteiger partial charge is 0.410 e.